The van der Waals surface area contributed by atoms with Gasteiger partial charge < -0.3 is 14.6 Å². The zero-order valence-corrected chi connectivity index (χ0v) is 20.1. The monoisotopic (exact) mass is 456 g/mol. The van der Waals surface area contributed by atoms with E-state index in [1.165, 1.54) is 46.2 Å². The van der Waals surface area contributed by atoms with E-state index in [0.717, 1.165) is 6.42 Å². The van der Waals surface area contributed by atoms with E-state index in [-0.39, 0.29) is 0 Å². The van der Waals surface area contributed by atoms with Crippen molar-refractivity contribution in [1.82, 2.24) is 0 Å². The molecule has 0 saturated carbocycles. The number of aryl methyl sites for hydroxylation is 1. The van der Waals surface area contributed by atoms with Crippen LogP contribution in [0.3, 0.4) is 0 Å². The van der Waals surface area contributed by atoms with E-state index in [0.29, 0.717) is 24.5 Å². The van der Waals surface area contributed by atoms with Crippen LogP contribution >= 0.6 is 0 Å². The Morgan fingerprint density at radius 1 is 0.941 bits per heavy atom. The molecule has 0 aromatic heterocycles. The molecule has 0 radical (unpaired) electrons. The fourth-order valence-electron chi connectivity index (χ4n) is 4.55. The Kier molecular flexibility index (Phi) is 7.18. The van der Waals surface area contributed by atoms with E-state index in [4.69, 9.17) is 9.47 Å². The highest BCUT2D eigenvalue weighted by molar-refractivity contribution is 6.01. The molecule has 0 heterocycles. The van der Waals surface area contributed by atoms with Crippen LogP contribution in [0.2, 0.25) is 0 Å². The first-order valence-electron chi connectivity index (χ1n) is 12.0. The molecule has 176 valence electrons. The summed E-state index contributed by atoms with van der Waals surface area (Å²) in [6, 6.07) is 22.4. The molecule has 4 rings (SSSR count). The molecule has 1 aliphatic rings. The molecule has 0 saturated heterocycles. The lowest BCUT2D eigenvalue weighted by atomic mass is 9.96. The van der Waals surface area contributed by atoms with Gasteiger partial charge in [0.25, 0.3) is 0 Å². The number of unbranched alkanes of at least 4 members (excludes halogenated alkanes) is 1. The smallest absolute Gasteiger partial charge is 0.340 e. The number of carboxylic acids is 1. The van der Waals surface area contributed by atoms with Gasteiger partial charge in [0.1, 0.15) is 12.4 Å². The van der Waals surface area contributed by atoms with Crippen molar-refractivity contribution in [2.24, 2.45) is 0 Å². The molecule has 0 spiro atoms. The highest BCUT2D eigenvalue weighted by Gasteiger charge is 2.36. The standard InChI is InChI=1S/C30H32O4/c1-4-6-9-21-12-17-26-27(24-10-7-8-11-25(24)28(26)20-21)18-19-33-23-15-13-22(14-16-23)30(3,29(31)32)34-5-2/h7-8,10-18,20H,4-6,9,19H2,1-3H3,(H,31,32). The Morgan fingerprint density at radius 2 is 1.65 bits per heavy atom. The molecule has 4 nitrogen and oxygen atoms in total. The van der Waals surface area contributed by atoms with Crippen molar-refractivity contribution in [3.8, 4) is 16.9 Å². The van der Waals surface area contributed by atoms with Gasteiger partial charge in [0, 0.05) is 6.61 Å². The fourth-order valence-corrected chi connectivity index (χ4v) is 4.55. The van der Waals surface area contributed by atoms with E-state index < -0.39 is 11.6 Å². The van der Waals surface area contributed by atoms with Crippen molar-refractivity contribution in [2.45, 2.75) is 45.6 Å². The second kappa shape index (κ2) is 10.3. The Bertz CT molecular complexity index is 1190. The molecule has 34 heavy (non-hydrogen) atoms. The summed E-state index contributed by atoms with van der Waals surface area (Å²) in [5.74, 6) is -0.324. The number of rotatable bonds is 10. The average Bonchev–Trinajstić information content (AvgIpc) is 3.16. The van der Waals surface area contributed by atoms with E-state index in [1.54, 1.807) is 38.1 Å². The molecule has 0 fully saturated rings. The zero-order valence-electron chi connectivity index (χ0n) is 20.1. The van der Waals surface area contributed by atoms with Crippen molar-refractivity contribution in [3.05, 3.63) is 95.1 Å². The van der Waals surface area contributed by atoms with Gasteiger partial charge in [0.05, 0.1) is 0 Å². The van der Waals surface area contributed by atoms with Crippen LogP contribution in [0.25, 0.3) is 16.7 Å². The number of carbonyl (C=O) groups is 1. The Balaban J connectivity index is 1.53. The summed E-state index contributed by atoms with van der Waals surface area (Å²) >= 11 is 0. The van der Waals surface area contributed by atoms with Crippen LogP contribution in [-0.4, -0.2) is 24.3 Å². The van der Waals surface area contributed by atoms with Gasteiger partial charge in [0.15, 0.2) is 5.60 Å². The summed E-state index contributed by atoms with van der Waals surface area (Å²) in [6.45, 7) is 6.32. The van der Waals surface area contributed by atoms with Gasteiger partial charge in [-0.3, -0.25) is 0 Å². The van der Waals surface area contributed by atoms with Gasteiger partial charge in [-0.15, -0.1) is 0 Å². The SMILES string of the molecule is CCCCc1ccc2c(c1)-c1ccccc1C2=CCOc1ccc(C(C)(OCC)C(=O)O)cc1. The van der Waals surface area contributed by atoms with Crippen LogP contribution < -0.4 is 4.74 Å². The van der Waals surface area contributed by atoms with Gasteiger partial charge in [-0.25, -0.2) is 4.79 Å². The second-order valence-electron chi connectivity index (χ2n) is 8.75. The largest absolute Gasteiger partial charge is 0.490 e. The molecule has 3 aromatic rings. The van der Waals surface area contributed by atoms with Crippen LogP contribution in [0.1, 0.15) is 55.9 Å². The maximum Gasteiger partial charge on any atom is 0.340 e. The number of ether oxygens (including phenoxy) is 2. The van der Waals surface area contributed by atoms with Crippen LogP contribution in [0.15, 0.2) is 72.8 Å². The van der Waals surface area contributed by atoms with Gasteiger partial charge in [-0.05, 0) is 83.9 Å². The second-order valence-corrected chi connectivity index (χ2v) is 8.75. The summed E-state index contributed by atoms with van der Waals surface area (Å²) in [6.07, 6.45) is 5.63. The maximum atomic E-state index is 11.7. The number of fused-ring (bicyclic) bond motifs is 3. The van der Waals surface area contributed by atoms with Gasteiger partial charge in [0.2, 0.25) is 0 Å². The minimum absolute atomic E-state index is 0.317. The minimum Gasteiger partial charge on any atom is -0.490 e. The van der Waals surface area contributed by atoms with Crippen LogP contribution in [-0.2, 0) is 21.6 Å². The van der Waals surface area contributed by atoms with Gasteiger partial charge >= 0.3 is 5.97 Å². The van der Waals surface area contributed by atoms with Crippen molar-refractivity contribution in [3.63, 3.8) is 0 Å². The zero-order chi connectivity index (χ0) is 24.1. The summed E-state index contributed by atoms with van der Waals surface area (Å²) in [7, 11) is 0. The molecule has 1 aliphatic carbocycles. The molecule has 0 aliphatic heterocycles. The lowest BCUT2D eigenvalue weighted by Crippen LogP contribution is -2.35. The van der Waals surface area contributed by atoms with E-state index in [1.807, 2.05) is 0 Å². The first-order chi connectivity index (χ1) is 16.5. The first kappa shape index (κ1) is 23.8. The molecule has 0 bridgehead atoms. The molecule has 1 unspecified atom stereocenters. The first-order valence-corrected chi connectivity index (χ1v) is 12.0. The molecular weight excluding hydrogens is 424 g/mol. The third-order valence-electron chi connectivity index (χ3n) is 6.48. The highest BCUT2D eigenvalue weighted by atomic mass is 16.5. The van der Waals surface area contributed by atoms with Crippen molar-refractivity contribution in [2.75, 3.05) is 13.2 Å². The topological polar surface area (TPSA) is 55.8 Å². The normalized spacial score (nSPS) is 15.0. The molecule has 4 heteroatoms. The van der Waals surface area contributed by atoms with Crippen molar-refractivity contribution >= 4 is 11.5 Å². The predicted octanol–water partition coefficient (Wildman–Crippen LogP) is 6.86. The summed E-state index contributed by atoms with van der Waals surface area (Å²) in [5, 5.41) is 9.60. The van der Waals surface area contributed by atoms with Gasteiger partial charge in [-0.1, -0.05) is 67.9 Å². The van der Waals surface area contributed by atoms with Crippen molar-refractivity contribution in [1.29, 1.82) is 0 Å². The van der Waals surface area contributed by atoms with Crippen LogP contribution in [0.5, 0.6) is 5.75 Å². The predicted molar refractivity (Wildman–Crippen MR) is 136 cm³/mol. The van der Waals surface area contributed by atoms with Gasteiger partial charge in [-0.2, -0.15) is 0 Å². The maximum absolute atomic E-state index is 11.7. The third-order valence-corrected chi connectivity index (χ3v) is 6.48. The lowest BCUT2D eigenvalue weighted by Gasteiger charge is -2.25. The number of carboxylic acid groups (broad SMARTS) is 1. The fraction of sp³-hybridized carbons (Fsp3) is 0.300. The average molecular weight is 457 g/mol. The number of hydrogen-bond acceptors (Lipinski definition) is 3. The van der Waals surface area contributed by atoms with E-state index in [9.17, 15) is 9.90 Å². The Morgan fingerprint density at radius 3 is 2.32 bits per heavy atom. The molecule has 1 N–H and O–H groups in total. The molecule has 0 amide bonds. The number of hydrogen-bond donors (Lipinski definition) is 1. The lowest BCUT2D eigenvalue weighted by molar-refractivity contribution is -0.164. The highest BCUT2D eigenvalue weighted by Crippen LogP contribution is 2.44. The Hall–Kier alpha value is -3.37. The summed E-state index contributed by atoms with van der Waals surface area (Å²) in [4.78, 5) is 11.7. The van der Waals surface area contributed by atoms with E-state index >= 15 is 0 Å². The number of aliphatic carboxylic acids is 1. The van der Waals surface area contributed by atoms with E-state index in [2.05, 4.69) is 55.5 Å². The Labute approximate surface area is 201 Å². The number of benzene rings is 3. The summed E-state index contributed by atoms with van der Waals surface area (Å²) < 4.78 is 11.5. The van der Waals surface area contributed by atoms with Crippen LogP contribution in [0.4, 0.5) is 0 Å². The minimum atomic E-state index is -1.37. The summed E-state index contributed by atoms with van der Waals surface area (Å²) in [5.41, 5.74) is 6.84. The third kappa shape index (κ3) is 4.64. The molecule has 1 atom stereocenters. The quantitative estimate of drug-likeness (QED) is 0.283. The molecular formula is C30H32O4. The van der Waals surface area contributed by atoms with Crippen molar-refractivity contribution < 1.29 is 19.4 Å². The molecule has 3 aromatic carbocycles. The van der Waals surface area contributed by atoms with Crippen LogP contribution in [0, 0.1) is 0 Å².